The van der Waals surface area contributed by atoms with Gasteiger partial charge in [0.05, 0.1) is 12.1 Å². The van der Waals surface area contributed by atoms with E-state index < -0.39 is 6.10 Å². The van der Waals surface area contributed by atoms with E-state index in [9.17, 15) is 4.79 Å². The molecule has 4 atom stereocenters. The summed E-state index contributed by atoms with van der Waals surface area (Å²) in [6.07, 6.45) is 0.133. The van der Waals surface area contributed by atoms with E-state index in [1.807, 2.05) is 6.92 Å². The summed E-state index contributed by atoms with van der Waals surface area (Å²) in [5.74, 6) is 0.351. The van der Waals surface area contributed by atoms with Gasteiger partial charge in [0.1, 0.15) is 5.75 Å². The van der Waals surface area contributed by atoms with Gasteiger partial charge in [0.25, 0.3) is 5.91 Å². The first-order chi connectivity index (χ1) is 10.0. The fourth-order valence-electron chi connectivity index (χ4n) is 2.31. The summed E-state index contributed by atoms with van der Waals surface area (Å²) in [7, 11) is 0. The molecule has 1 aliphatic carbocycles. The second-order valence-electron chi connectivity index (χ2n) is 5.15. The molecule has 5 nitrogen and oxygen atoms in total. The number of nitrogens with one attached hydrogen (secondary N) is 1. The van der Waals surface area contributed by atoms with Crippen molar-refractivity contribution in [2.24, 2.45) is 5.73 Å². The predicted octanol–water partition coefficient (Wildman–Crippen LogP) is 1.73. The summed E-state index contributed by atoms with van der Waals surface area (Å²) in [5.41, 5.74) is 5.91. The molecule has 0 aliphatic heterocycles. The van der Waals surface area contributed by atoms with Gasteiger partial charge < -0.3 is 20.5 Å². The van der Waals surface area contributed by atoms with Crippen molar-refractivity contribution in [2.45, 2.75) is 44.6 Å². The molecule has 3 N–H and O–H groups in total. The molecule has 1 aromatic carbocycles. The molecular weight excluding hydrogens is 292 g/mol. The number of hydrogen-bond acceptors (Lipinski definition) is 4. The first kappa shape index (κ1) is 16.1. The smallest absolute Gasteiger partial charge is 0.261 e. The highest BCUT2D eigenvalue weighted by Crippen LogP contribution is 2.23. The number of carbonyl (C=O) groups is 1. The van der Waals surface area contributed by atoms with E-state index in [-0.39, 0.29) is 24.1 Å². The zero-order valence-corrected chi connectivity index (χ0v) is 13.0. The monoisotopic (exact) mass is 312 g/mol. The third-order valence-corrected chi connectivity index (χ3v) is 3.77. The lowest BCUT2D eigenvalue weighted by molar-refractivity contribution is -0.131. The molecule has 21 heavy (non-hydrogen) atoms. The van der Waals surface area contributed by atoms with Crippen LogP contribution in [0, 0.1) is 0 Å². The van der Waals surface area contributed by atoms with Gasteiger partial charge in [-0.2, -0.15) is 0 Å². The van der Waals surface area contributed by atoms with Crippen LogP contribution in [-0.4, -0.2) is 36.8 Å². The molecule has 1 saturated carbocycles. The Hall–Kier alpha value is -1.30. The molecule has 6 heteroatoms. The van der Waals surface area contributed by atoms with Crippen molar-refractivity contribution >= 4 is 17.5 Å². The molecular formula is C15H21ClN2O3. The van der Waals surface area contributed by atoms with Crippen LogP contribution in [0.5, 0.6) is 5.75 Å². The maximum absolute atomic E-state index is 12.2. The Labute approximate surface area is 129 Å². The number of ether oxygens (including phenoxy) is 2. The number of carbonyl (C=O) groups excluding carboxylic acids is 1. The van der Waals surface area contributed by atoms with Gasteiger partial charge in [0, 0.05) is 17.7 Å². The SMILES string of the molecule is CCOC1CC(N)C1NC(=O)C(C)Oc1cccc(Cl)c1. The molecule has 2 rings (SSSR count). The zero-order chi connectivity index (χ0) is 15.4. The average molecular weight is 313 g/mol. The van der Waals surface area contributed by atoms with E-state index in [0.29, 0.717) is 17.4 Å². The number of hydrogen-bond donors (Lipinski definition) is 2. The summed E-state index contributed by atoms with van der Waals surface area (Å²) in [6.45, 7) is 4.22. The highest BCUT2D eigenvalue weighted by Gasteiger charge is 2.41. The molecule has 1 fully saturated rings. The lowest BCUT2D eigenvalue weighted by Gasteiger charge is -2.42. The van der Waals surface area contributed by atoms with Gasteiger partial charge in [-0.25, -0.2) is 0 Å². The molecule has 0 radical (unpaired) electrons. The van der Waals surface area contributed by atoms with Crippen molar-refractivity contribution < 1.29 is 14.3 Å². The maximum atomic E-state index is 12.2. The van der Waals surface area contributed by atoms with Crippen molar-refractivity contribution in [1.82, 2.24) is 5.32 Å². The van der Waals surface area contributed by atoms with E-state index in [1.54, 1.807) is 31.2 Å². The van der Waals surface area contributed by atoms with E-state index in [0.717, 1.165) is 6.42 Å². The Bertz CT molecular complexity index is 496. The molecule has 116 valence electrons. The molecule has 0 saturated heterocycles. The Morgan fingerprint density at radius 3 is 2.95 bits per heavy atom. The van der Waals surface area contributed by atoms with Crippen LogP contribution in [-0.2, 0) is 9.53 Å². The Balaban J connectivity index is 1.87. The molecule has 0 aromatic heterocycles. The van der Waals surface area contributed by atoms with Gasteiger partial charge in [0.15, 0.2) is 6.10 Å². The Kier molecular flexibility index (Phi) is 5.45. The first-order valence-corrected chi connectivity index (χ1v) is 7.48. The van der Waals surface area contributed by atoms with Crippen molar-refractivity contribution in [3.05, 3.63) is 29.3 Å². The summed E-state index contributed by atoms with van der Waals surface area (Å²) >= 11 is 5.88. The van der Waals surface area contributed by atoms with Crippen LogP contribution in [0.1, 0.15) is 20.3 Å². The van der Waals surface area contributed by atoms with E-state index in [4.69, 9.17) is 26.8 Å². The van der Waals surface area contributed by atoms with E-state index in [2.05, 4.69) is 5.32 Å². The van der Waals surface area contributed by atoms with Crippen LogP contribution in [0.25, 0.3) is 0 Å². The van der Waals surface area contributed by atoms with Crippen molar-refractivity contribution in [3.63, 3.8) is 0 Å². The van der Waals surface area contributed by atoms with Crippen LogP contribution in [0.2, 0.25) is 5.02 Å². The Morgan fingerprint density at radius 2 is 2.33 bits per heavy atom. The quantitative estimate of drug-likeness (QED) is 0.839. The minimum absolute atomic E-state index is 0.00711. The minimum Gasteiger partial charge on any atom is -0.481 e. The van der Waals surface area contributed by atoms with Gasteiger partial charge >= 0.3 is 0 Å². The number of rotatable bonds is 6. The van der Waals surface area contributed by atoms with Gasteiger partial charge in [0.2, 0.25) is 0 Å². The van der Waals surface area contributed by atoms with Crippen LogP contribution < -0.4 is 15.8 Å². The van der Waals surface area contributed by atoms with Crippen molar-refractivity contribution in [2.75, 3.05) is 6.61 Å². The number of nitrogens with two attached hydrogens (primary N) is 1. The fourth-order valence-corrected chi connectivity index (χ4v) is 2.49. The molecule has 0 spiro atoms. The summed E-state index contributed by atoms with van der Waals surface area (Å²) in [4.78, 5) is 12.2. The fraction of sp³-hybridized carbons (Fsp3) is 0.533. The highest BCUT2D eigenvalue weighted by molar-refractivity contribution is 6.30. The maximum Gasteiger partial charge on any atom is 0.261 e. The third kappa shape index (κ3) is 4.09. The summed E-state index contributed by atoms with van der Waals surface area (Å²) in [5, 5.41) is 3.46. The second-order valence-corrected chi connectivity index (χ2v) is 5.58. The molecule has 1 amide bonds. The van der Waals surface area contributed by atoms with E-state index >= 15 is 0 Å². The van der Waals surface area contributed by atoms with Gasteiger partial charge in [-0.3, -0.25) is 4.79 Å². The zero-order valence-electron chi connectivity index (χ0n) is 12.2. The van der Waals surface area contributed by atoms with Crippen molar-refractivity contribution in [3.8, 4) is 5.75 Å². The predicted molar refractivity (Wildman–Crippen MR) is 81.5 cm³/mol. The van der Waals surface area contributed by atoms with Crippen LogP contribution in [0.3, 0.4) is 0 Å². The topological polar surface area (TPSA) is 73.6 Å². The normalized spacial score (nSPS) is 25.8. The van der Waals surface area contributed by atoms with Gasteiger partial charge in [-0.15, -0.1) is 0 Å². The van der Waals surface area contributed by atoms with Crippen LogP contribution in [0.4, 0.5) is 0 Å². The molecule has 0 heterocycles. The highest BCUT2D eigenvalue weighted by atomic mass is 35.5. The number of amides is 1. The minimum atomic E-state index is -0.626. The largest absolute Gasteiger partial charge is 0.481 e. The first-order valence-electron chi connectivity index (χ1n) is 7.11. The summed E-state index contributed by atoms with van der Waals surface area (Å²) in [6, 6.07) is 6.73. The van der Waals surface area contributed by atoms with Crippen LogP contribution >= 0.6 is 11.6 Å². The molecule has 4 unspecified atom stereocenters. The molecule has 0 bridgehead atoms. The second kappa shape index (κ2) is 7.11. The lowest BCUT2D eigenvalue weighted by atomic mass is 9.83. The summed E-state index contributed by atoms with van der Waals surface area (Å²) < 4.78 is 11.1. The standard InChI is InChI=1S/C15H21ClN2O3/c1-3-20-13-8-12(17)14(13)18-15(19)9(2)21-11-6-4-5-10(16)7-11/h4-7,9,12-14H,3,8,17H2,1-2H3,(H,18,19). The number of benzene rings is 1. The van der Waals surface area contributed by atoms with Gasteiger partial charge in [-0.1, -0.05) is 17.7 Å². The molecule has 1 aliphatic rings. The number of halogens is 1. The third-order valence-electron chi connectivity index (χ3n) is 3.53. The molecule has 1 aromatic rings. The average Bonchev–Trinajstić information content (AvgIpc) is 2.44. The van der Waals surface area contributed by atoms with Crippen LogP contribution in [0.15, 0.2) is 24.3 Å². The van der Waals surface area contributed by atoms with E-state index in [1.165, 1.54) is 0 Å². The Morgan fingerprint density at radius 1 is 1.57 bits per heavy atom. The lowest BCUT2D eigenvalue weighted by Crippen LogP contribution is -2.65. The van der Waals surface area contributed by atoms with Gasteiger partial charge in [-0.05, 0) is 38.5 Å². The van der Waals surface area contributed by atoms with Crippen molar-refractivity contribution in [1.29, 1.82) is 0 Å².